The first-order chi connectivity index (χ1) is 10.7. The van der Waals surface area contributed by atoms with E-state index in [0.717, 1.165) is 13.0 Å². The zero-order valence-electron chi connectivity index (χ0n) is 15.5. The average molecular weight is 322 g/mol. The second-order valence-corrected chi connectivity index (χ2v) is 8.94. The number of nitrogens with zero attached hydrogens (tertiary/aromatic N) is 1. The Bertz CT molecular complexity index is 439. The summed E-state index contributed by atoms with van der Waals surface area (Å²) in [7, 11) is 0. The fourth-order valence-electron chi connectivity index (χ4n) is 4.07. The van der Waals surface area contributed by atoms with Crippen molar-refractivity contribution >= 4 is 11.8 Å². The van der Waals surface area contributed by atoms with Gasteiger partial charge in [-0.25, -0.2) is 0 Å². The topological polar surface area (TPSA) is 49.4 Å². The molecule has 1 saturated carbocycles. The minimum absolute atomic E-state index is 0.0265. The first kappa shape index (κ1) is 18.3. The van der Waals surface area contributed by atoms with E-state index < -0.39 is 0 Å². The third-order valence-electron chi connectivity index (χ3n) is 5.10. The van der Waals surface area contributed by atoms with E-state index in [0.29, 0.717) is 24.2 Å². The number of amides is 2. The summed E-state index contributed by atoms with van der Waals surface area (Å²) in [6, 6.07) is -0.278. The summed E-state index contributed by atoms with van der Waals surface area (Å²) in [6.07, 6.45) is 6.36. The summed E-state index contributed by atoms with van der Waals surface area (Å²) in [5, 5.41) is 3.09. The van der Waals surface area contributed by atoms with Gasteiger partial charge < -0.3 is 10.2 Å². The van der Waals surface area contributed by atoms with Crippen molar-refractivity contribution in [2.45, 2.75) is 84.7 Å². The van der Waals surface area contributed by atoms with Crippen LogP contribution in [0.4, 0.5) is 0 Å². The largest absolute Gasteiger partial charge is 0.350 e. The summed E-state index contributed by atoms with van der Waals surface area (Å²) in [5.41, 5.74) is -0.257. The van der Waals surface area contributed by atoms with Gasteiger partial charge in [0.25, 0.3) is 0 Å². The summed E-state index contributed by atoms with van der Waals surface area (Å²) >= 11 is 0. The fourth-order valence-corrected chi connectivity index (χ4v) is 4.07. The molecule has 2 amide bonds. The van der Waals surface area contributed by atoms with Crippen LogP contribution in [0.3, 0.4) is 0 Å². The highest BCUT2D eigenvalue weighted by atomic mass is 16.2. The predicted octanol–water partition coefficient (Wildman–Crippen LogP) is 3.35. The average Bonchev–Trinajstić information content (AvgIpc) is 2.43. The summed E-state index contributed by atoms with van der Waals surface area (Å²) in [4.78, 5) is 27.4. The number of carbonyl (C=O) groups is 2. The molecule has 1 saturated heterocycles. The maximum Gasteiger partial charge on any atom is 0.243 e. The Morgan fingerprint density at radius 2 is 1.74 bits per heavy atom. The molecule has 2 fully saturated rings. The number of nitrogens with one attached hydrogen (secondary N) is 1. The van der Waals surface area contributed by atoms with Gasteiger partial charge in [-0.05, 0) is 51.4 Å². The molecule has 0 aromatic carbocycles. The Morgan fingerprint density at radius 3 is 2.30 bits per heavy atom. The Labute approximate surface area is 141 Å². The first-order valence-electron chi connectivity index (χ1n) is 9.29. The van der Waals surface area contributed by atoms with Crippen LogP contribution in [0.15, 0.2) is 0 Å². The maximum atomic E-state index is 12.8. The van der Waals surface area contributed by atoms with Crippen molar-refractivity contribution in [2.24, 2.45) is 17.8 Å². The van der Waals surface area contributed by atoms with Gasteiger partial charge in [-0.15, -0.1) is 0 Å². The molecule has 23 heavy (non-hydrogen) atoms. The van der Waals surface area contributed by atoms with E-state index in [1.54, 1.807) is 0 Å². The van der Waals surface area contributed by atoms with Gasteiger partial charge in [0.05, 0.1) is 0 Å². The third-order valence-corrected chi connectivity index (χ3v) is 5.10. The molecule has 0 bridgehead atoms. The smallest absolute Gasteiger partial charge is 0.243 e. The summed E-state index contributed by atoms with van der Waals surface area (Å²) in [6.45, 7) is 10.9. The van der Waals surface area contributed by atoms with E-state index in [1.807, 2.05) is 25.7 Å². The molecule has 1 N–H and O–H groups in total. The van der Waals surface area contributed by atoms with Gasteiger partial charge in [0.1, 0.15) is 6.04 Å². The van der Waals surface area contributed by atoms with Crippen LogP contribution in [0.2, 0.25) is 0 Å². The van der Waals surface area contributed by atoms with Crippen LogP contribution in [0.1, 0.15) is 73.1 Å². The molecule has 0 unspecified atom stereocenters. The second kappa shape index (κ2) is 7.23. The quantitative estimate of drug-likeness (QED) is 0.866. The Balaban J connectivity index is 2.15. The lowest BCUT2D eigenvalue weighted by atomic mass is 9.72. The molecular weight excluding hydrogens is 288 g/mol. The second-order valence-electron chi connectivity index (χ2n) is 8.94. The predicted molar refractivity (Wildman–Crippen MR) is 92.9 cm³/mol. The summed E-state index contributed by atoms with van der Waals surface area (Å²) in [5.74, 6) is 1.72. The molecule has 0 aromatic heterocycles. The SMILES string of the molecule is CC(C)CC(=O)N1C[C@H]2CCCC[C@H]2C[C@H]1C(=O)NC(C)(C)C. The van der Waals surface area contributed by atoms with Crippen LogP contribution in [0, 0.1) is 17.8 Å². The van der Waals surface area contributed by atoms with Gasteiger partial charge in [0.2, 0.25) is 11.8 Å². The molecule has 4 heteroatoms. The molecule has 132 valence electrons. The number of hydrogen-bond donors (Lipinski definition) is 1. The Kier molecular flexibility index (Phi) is 5.74. The van der Waals surface area contributed by atoms with Gasteiger partial charge in [-0.2, -0.15) is 0 Å². The van der Waals surface area contributed by atoms with E-state index >= 15 is 0 Å². The molecule has 1 heterocycles. The molecule has 2 rings (SSSR count). The van der Waals surface area contributed by atoms with Crippen molar-refractivity contribution in [3.05, 3.63) is 0 Å². The minimum atomic E-state index is -0.278. The van der Waals surface area contributed by atoms with E-state index in [9.17, 15) is 9.59 Å². The van der Waals surface area contributed by atoms with Crippen LogP contribution in [-0.2, 0) is 9.59 Å². The molecule has 2 aliphatic rings. The Morgan fingerprint density at radius 1 is 1.13 bits per heavy atom. The van der Waals surface area contributed by atoms with Gasteiger partial charge >= 0.3 is 0 Å². The van der Waals surface area contributed by atoms with Crippen molar-refractivity contribution in [2.75, 3.05) is 6.54 Å². The van der Waals surface area contributed by atoms with Gasteiger partial charge in [0.15, 0.2) is 0 Å². The van der Waals surface area contributed by atoms with Gasteiger partial charge in [0, 0.05) is 18.5 Å². The maximum absolute atomic E-state index is 12.8. The molecule has 1 aliphatic heterocycles. The van der Waals surface area contributed by atoms with E-state index in [4.69, 9.17) is 0 Å². The van der Waals surface area contributed by atoms with E-state index in [1.165, 1.54) is 25.7 Å². The monoisotopic (exact) mass is 322 g/mol. The lowest BCUT2D eigenvalue weighted by molar-refractivity contribution is -0.147. The van der Waals surface area contributed by atoms with E-state index in [-0.39, 0.29) is 23.4 Å². The number of rotatable bonds is 3. The van der Waals surface area contributed by atoms with Crippen molar-refractivity contribution in [3.63, 3.8) is 0 Å². The minimum Gasteiger partial charge on any atom is -0.350 e. The highest BCUT2D eigenvalue weighted by Crippen LogP contribution is 2.39. The highest BCUT2D eigenvalue weighted by Gasteiger charge is 2.42. The van der Waals surface area contributed by atoms with Crippen LogP contribution in [0.5, 0.6) is 0 Å². The van der Waals surface area contributed by atoms with Crippen LogP contribution in [0.25, 0.3) is 0 Å². The standard InChI is InChI=1S/C19H34N2O2/c1-13(2)10-17(22)21-12-15-9-7-6-8-14(15)11-16(21)18(23)20-19(3,4)5/h13-16H,6-12H2,1-5H3,(H,20,23)/t14-,15+,16-/m0/s1. The number of piperidine rings is 1. The van der Waals surface area contributed by atoms with Crippen LogP contribution < -0.4 is 5.32 Å². The normalized spacial score (nSPS) is 28.4. The lowest BCUT2D eigenvalue weighted by Gasteiger charge is -2.46. The highest BCUT2D eigenvalue weighted by molar-refractivity contribution is 5.88. The third kappa shape index (κ3) is 4.95. The van der Waals surface area contributed by atoms with Crippen LogP contribution >= 0.6 is 0 Å². The molecule has 0 spiro atoms. The van der Waals surface area contributed by atoms with E-state index in [2.05, 4.69) is 19.2 Å². The first-order valence-corrected chi connectivity index (χ1v) is 9.29. The molecule has 0 aromatic rings. The zero-order chi connectivity index (χ0) is 17.2. The molecule has 0 radical (unpaired) electrons. The van der Waals surface area contributed by atoms with Crippen molar-refractivity contribution in [1.82, 2.24) is 10.2 Å². The van der Waals surface area contributed by atoms with Crippen molar-refractivity contribution in [1.29, 1.82) is 0 Å². The number of carbonyl (C=O) groups excluding carboxylic acids is 2. The van der Waals surface area contributed by atoms with Gasteiger partial charge in [-0.1, -0.05) is 33.1 Å². The van der Waals surface area contributed by atoms with Crippen molar-refractivity contribution < 1.29 is 9.59 Å². The number of hydrogen-bond acceptors (Lipinski definition) is 2. The van der Waals surface area contributed by atoms with Crippen molar-refractivity contribution in [3.8, 4) is 0 Å². The summed E-state index contributed by atoms with van der Waals surface area (Å²) < 4.78 is 0. The number of likely N-dealkylation sites (tertiary alicyclic amines) is 1. The number of fused-ring (bicyclic) bond motifs is 1. The fraction of sp³-hybridized carbons (Fsp3) is 0.895. The Hall–Kier alpha value is -1.06. The van der Waals surface area contributed by atoms with Gasteiger partial charge in [-0.3, -0.25) is 9.59 Å². The molecule has 3 atom stereocenters. The van der Waals surface area contributed by atoms with Crippen LogP contribution in [-0.4, -0.2) is 34.8 Å². The zero-order valence-corrected chi connectivity index (χ0v) is 15.5. The molecular formula is C19H34N2O2. The molecule has 1 aliphatic carbocycles. The molecule has 4 nitrogen and oxygen atoms in total. The lowest BCUT2D eigenvalue weighted by Crippen LogP contribution is -2.59.